The number of hydrogen-bond donors (Lipinski definition) is 0. The molecule has 0 N–H and O–H groups in total. The number of nitrogens with zero attached hydrogens (tertiary/aromatic N) is 5. The summed E-state index contributed by atoms with van der Waals surface area (Å²) in [6.45, 7) is 0. The standard InChI is InChI=1S/C85H53N5/c1-2-20-57-50-63(46-38-54(57)19-1)82-73-31-9-7-29-71(73)81(72-30-8-10-32-74(72)82)62-22-17-23-65(52-62)85-88-75-33-11-13-35-77(75)89(85)66-24-18-21-58(53-66)59-43-44-61-51-64(47-45-60(61)49-59)83-69-27-5-3-25-67(69)80(68-26-4-6-28-70(68)83)55-39-41-56(42-40-55)84-87-76-34-12-14-36-78(76)90(84)79-37-15-16-48-86-79/h1-53H. The lowest BCUT2D eigenvalue weighted by atomic mass is 9.85. The molecule has 3 aromatic heterocycles. The summed E-state index contributed by atoms with van der Waals surface area (Å²) in [4.78, 5) is 15.3. The van der Waals surface area contributed by atoms with Crippen molar-refractivity contribution in [1.82, 2.24) is 24.1 Å². The summed E-state index contributed by atoms with van der Waals surface area (Å²) in [7, 11) is 0. The van der Waals surface area contributed by atoms with Gasteiger partial charge in [-0.15, -0.1) is 0 Å². The van der Waals surface area contributed by atoms with Crippen LogP contribution >= 0.6 is 0 Å². The van der Waals surface area contributed by atoms with Gasteiger partial charge in [0.15, 0.2) is 0 Å². The predicted octanol–water partition coefficient (Wildman–Crippen LogP) is 22.3. The van der Waals surface area contributed by atoms with Crippen molar-refractivity contribution in [1.29, 1.82) is 0 Å². The quantitative estimate of drug-likeness (QED) is 0.135. The van der Waals surface area contributed by atoms with Crippen molar-refractivity contribution in [3.8, 4) is 89.9 Å². The summed E-state index contributed by atoms with van der Waals surface area (Å²) in [6, 6.07) is 115. The van der Waals surface area contributed by atoms with E-state index in [0.717, 1.165) is 78.6 Å². The fraction of sp³-hybridized carbons (Fsp3) is 0. The number of para-hydroxylation sites is 4. The average Bonchev–Trinajstić information content (AvgIpc) is 1.10. The van der Waals surface area contributed by atoms with Gasteiger partial charge in [-0.25, -0.2) is 15.0 Å². The van der Waals surface area contributed by atoms with Crippen LogP contribution in [0.5, 0.6) is 0 Å². The number of aromatic nitrogens is 5. The van der Waals surface area contributed by atoms with Gasteiger partial charge in [0.1, 0.15) is 17.5 Å². The molecule has 18 aromatic rings. The second-order valence-corrected chi connectivity index (χ2v) is 23.4. The Morgan fingerprint density at radius 2 is 0.600 bits per heavy atom. The molecule has 3 heterocycles. The highest BCUT2D eigenvalue weighted by Gasteiger charge is 2.23. The SMILES string of the molecule is c1ccc(-n2c(-c3ccc(-c4c5ccccc5c(-c5ccc6cc(-c7cccc(-n8c(-c9cccc(-c%10c%11ccccc%11c(-c%11ccc%12ccccc%12c%11)c%11ccccc%10%11)c9)nc9ccccc98)c7)ccc6c5)c5ccccc45)cc3)nc3ccccc32)nc1. The van der Waals surface area contributed by atoms with Gasteiger partial charge in [-0.1, -0.05) is 243 Å². The van der Waals surface area contributed by atoms with Crippen molar-refractivity contribution in [2.75, 3.05) is 0 Å². The molecule has 0 spiro atoms. The predicted molar refractivity (Wildman–Crippen MR) is 377 cm³/mol. The van der Waals surface area contributed by atoms with Gasteiger partial charge >= 0.3 is 0 Å². The first-order chi connectivity index (χ1) is 44.6. The largest absolute Gasteiger partial charge is 0.292 e. The van der Waals surface area contributed by atoms with E-state index in [1.54, 1.807) is 0 Å². The van der Waals surface area contributed by atoms with E-state index in [4.69, 9.17) is 15.0 Å². The molecule has 0 aliphatic carbocycles. The Morgan fingerprint density at radius 3 is 1.17 bits per heavy atom. The molecule has 0 radical (unpaired) electrons. The van der Waals surface area contributed by atoms with Crippen LogP contribution in [0.3, 0.4) is 0 Å². The Kier molecular flexibility index (Phi) is 11.9. The lowest BCUT2D eigenvalue weighted by Crippen LogP contribution is -1.99. The van der Waals surface area contributed by atoms with Crippen molar-refractivity contribution >= 4 is 86.7 Å². The third-order valence-corrected chi connectivity index (χ3v) is 18.3. The van der Waals surface area contributed by atoms with Gasteiger partial charge in [-0.3, -0.25) is 9.13 Å². The van der Waals surface area contributed by atoms with Crippen molar-refractivity contribution in [2.45, 2.75) is 0 Å². The molecule has 0 fully saturated rings. The summed E-state index contributed by atoms with van der Waals surface area (Å²) >= 11 is 0. The van der Waals surface area contributed by atoms with Gasteiger partial charge in [0.2, 0.25) is 0 Å². The molecule has 0 aliphatic heterocycles. The van der Waals surface area contributed by atoms with Crippen LogP contribution in [-0.2, 0) is 0 Å². The first-order valence-corrected chi connectivity index (χ1v) is 30.7. The zero-order valence-corrected chi connectivity index (χ0v) is 48.8. The van der Waals surface area contributed by atoms with Crippen molar-refractivity contribution in [3.63, 3.8) is 0 Å². The molecule has 0 saturated carbocycles. The van der Waals surface area contributed by atoms with Gasteiger partial charge < -0.3 is 0 Å². The molecular weight excluding hydrogens is 1090 g/mol. The topological polar surface area (TPSA) is 48.5 Å². The van der Waals surface area contributed by atoms with Gasteiger partial charge in [0.05, 0.1) is 22.1 Å². The lowest BCUT2D eigenvalue weighted by Gasteiger charge is -2.18. The summed E-state index contributed by atoms with van der Waals surface area (Å²) in [5.74, 6) is 2.59. The van der Waals surface area contributed by atoms with Crippen LogP contribution < -0.4 is 0 Å². The molecule has 5 heteroatoms. The van der Waals surface area contributed by atoms with Gasteiger partial charge in [0, 0.05) is 23.0 Å². The zero-order chi connectivity index (χ0) is 59.2. The van der Waals surface area contributed by atoms with Gasteiger partial charge in [-0.2, -0.15) is 0 Å². The normalized spacial score (nSPS) is 11.8. The first kappa shape index (κ1) is 51.2. The maximum Gasteiger partial charge on any atom is 0.146 e. The van der Waals surface area contributed by atoms with Gasteiger partial charge in [0.25, 0.3) is 0 Å². The van der Waals surface area contributed by atoms with Crippen molar-refractivity contribution < 1.29 is 0 Å². The van der Waals surface area contributed by atoms with Crippen LogP contribution in [-0.4, -0.2) is 24.1 Å². The molecule has 0 atom stereocenters. The molecule has 0 amide bonds. The van der Waals surface area contributed by atoms with E-state index < -0.39 is 0 Å². The smallest absolute Gasteiger partial charge is 0.146 e. The van der Waals surface area contributed by atoms with Crippen LogP contribution in [0, 0.1) is 0 Å². The van der Waals surface area contributed by atoms with E-state index in [1.165, 1.54) is 98.0 Å². The van der Waals surface area contributed by atoms with Crippen LogP contribution in [0.4, 0.5) is 0 Å². The highest BCUT2D eigenvalue weighted by Crippen LogP contribution is 2.47. The number of fused-ring (bicyclic) bond motifs is 8. The monoisotopic (exact) mass is 1140 g/mol. The van der Waals surface area contributed by atoms with Crippen LogP contribution in [0.2, 0.25) is 0 Å². The molecule has 0 aliphatic rings. The number of imidazole rings is 2. The maximum absolute atomic E-state index is 5.42. The fourth-order valence-electron chi connectivity index (χ4n) is 14.3. The van der Waals surface area contributed by atoms with E-state index in [-0.39, 0.29) is 0 Å². The van der Waals surface area contributed by atoms with Crippen molar-refractivity contribution in [3.05, 3.63) is 322 Å². The number of benzene rings is 15. The third kappa shape index (κ3) is 8.36. The minimum absolute atomic E-state index is 0.838. The van der Waals surface area contributed by atoms with Crippen LogP contribution in [0.1, 0.15) is 0 Å². The zero-order valence-electron chi connectivity index (χ0n) is 48.8. The molecule has 15 aromatic carbocycles. The lowest BCUT2D eigenvalue weighted by molar-refractivity contribution is 1.03. The fourth-order valence-corrected chi connectivity index (χ4v) is 14.3. The van der Waals surface area contributed by atoms with E-state index in [0.29, 0.717) is 0 Å². The number of pyridine rings is 1. The summed E-state index contributed by atoms with van der Waals surface area (Å²) in [5, 5.41) is 14.6. The highest BCUT2D eigenvalue weighted by molar-refractivity contribution is 6.23. The van der Waals surface area contributed by atoms with Crippen LogP contribution in [0.25, 0.3) is 177 Å². The average molecular weight is 1140 g/mol. The second-order valence-electron chi connectivity index (χ2n) is 23.4. The van der Waals surface area contributed by atoms with E-state index >= 15 is 0 Å². The van der Waals surface area contributed by atoms with E-state index in [9.17, 15) is 0 Å². The Balaban J connectivity index is 0.701. The summed E-state index contributed by atoms with van der Waals surface area (Å²) in [5.41, 5.74) is 19.0. The maximum atomic E-state index is 5.42. The molecule has 0 bridgehead atoms. The van der Waals surface area contributed by atoms with Crippen molar-refractivity contribution in [2.24, 2.45) is 0 Å². The molecular formula is C85H53N5. The summed E-state index contributed by atoms with van der Waals surface area (Å²) in [6.07, 6.45) is 1.83. The molecule has 0 saturated heterocycles. The highest BCUT2D eigenvalue weighted by atomic mass is 15.1. The second kappa shape index (κ2) is 20.8. The van der Waals surface area contributed by atoms with E-state index in [1.807, 2.05) is 30.5 Å². The molecule has 90 heavy (non-hydrogen) atoms. The minimum Gasteiger partial charge on any atom is -0.292 e. The molecule has 5 nitrogen and oxygen atoms in total. The number of hydrogen-bond acceptors (Lipinski definition) is 3. The Bertz CT molecular complexity index is 5800. The third-order valence-electron chi connectivity index (χ3n) is 18.3. The molecule has 418 valence electrons. The van der Waals surface area contributed by atoms with Crippen LogP contribution in [0.15, 0.2) is 322 Å². The minimum atomic E-state index is 0.838. The molecule has 0 unspecified atom stereocenters. The molecule has 18 rings (SSSR count). The Hall–Kier alpha value is -12.1. The first-order valence-electron chi connectivity index (χ1n) is 30.7. The number of rotatable bonds is 9. The Labute approximate surface area is 519 Å². The summed E-state index contributed by atoms with van der Waals surface area (Å²) < 4.78 is 4.49. The van der Waals surface area contributed by atoms with E-state index in [2.05, 4.69) is 300 Å². The van der Waals surface area contributed by atoms with Gasteiger partial charge in [-0.05, 0) is 193 Å². The Morgan fingerprint density at radius 1 is 0.222 bits per heavy atom.